The molecule has 1 heterocycles. The molecule has 1 aliphatic heterocycles. The molecule has 5 heteroatoms. The van der Waals surface area contributed by atoms with E-state index >= 15 is 0 Å². The largest absolute Gasteiger partial charge is 0.328 e. The van der Waals surface area contributed by atoms with E-state index < -0.39 is 23.3 Å². The topological polar surface area (TPSA) is 75.3 Å². The molecule has 2 N–H and O–H groups in total. The van der Waals surface area contributed by atoms with Crippen LogP contribution in [0.1, 0.15) is 38.5 Å². The second kappa shape index (κ2) is 5.38. The summed E-state index contributed by atoms with van der Waals surface area (Å²) in [5.41, 5.74) is -0.397. The Labute approximate surface area is 112 Å². The molecule has 5 nitrogen and oxygen atoms in total. The quantitative estimate of drug-likeness (QED) is 0.599. The van der Waals surface area contributed by atoms with Crippen molar-refractivity contribution in [3.8, 4) is 0 Å². The maximum Gasteiger partial charge on any atom is 0.328 e. The zero-order valence-corrected chi connectivity index (χ0v) is 10.8. The molecule has 0 radical (unpaired) electrons. The number of urea groups is 1. The van der Waals surface area contributed by atoms with E-state index in [1.165, 1.54) is 0 Å². The van der Waals surface area contributed by atoms with Gasteiger partial charge < -0.3 is 0 Å². The highest BCUT2D eigenvalue weighted by Crippen LogP contribution is 2.40. The van der Waals surface area contributed by atoms with E-state index in [0.717, 1.165) is 31.3 Å². The Bertz CT molecular complexity index is 445. The zero-order chi connectivity index (χ0) is 13.9. The fourth-order valence-corrected chi connectivity index (χ4v) is 2.78. The first-order valence-electron chi connectivity index (χ1n) is 6.58. The number of barbiturate groups is 1. The minimum Gasteiger partial charge on any atom is -0.277 e. The lowest BCUT2D eigenvalue weighted by molar-refractivity contribution is -0.142. The van der Waals surface area contributed by atoms with Crippen molar-refractivity contribution < 1.29 is 14.4 Å². The van der Waals surface area contributed by atoms with Crippen LogP contribution in [0.5, 0.6) is 0 Å². The van der Waals surface area contributed by atoms with E-state index in [9.17, 15) is 14.4 Å². The minimum atomic E-state index is -1.23. The summed E-state index contributed by atoms with van der Waals surface area (Å²) in [4.78, 5) is 35.8. The normalized spacial score (nSPS) is 22.3. The van der Waals surface area contributed by atoms with Crippen LogP contribution in [-0.4, -0.2) is 17.8 Å². The molecule has 0 saturated carbocycles. The summed E-state index contributed by atoms with van der Waals surface area (Å²) < 4.78 is 0. The summed E-state index contributed by atoms with van der Waals surface area (Å²) in [6.07, 6.45) is 8.20. The van der Waals surface area contributed by atoms with Gasteiger partial charge in [-0.3, -0.25) is 20.2 Å². The molecule has 0 unspecified atom stereocenters. The standard InChI is InChI=1S/C14H18N2O3/c1-2-3-9-14(10-7-5-4-6-8-10)11(17)15-13(19)16-12(14)18/h2,7H,1,3-6,8-9H2,(H2,15,16,17,18,19). The molecular weight excluding hydrogens is 244 g/mol. The Morgan fingerprint density at radius 2 is 1.89 bits per heavy atom. The average molecular weight is 262 g/mol. The van der Waals surface area contributed by atoms with Gasteiger partial charge in [0, 0.05) is 0 Å². The molecule has 0 aromatic heterocycles. The van der Waals surface area contributed by atoms with E-state index in [0.29, 0.717) is 12.8 Å². The van der Waals surface area contributed by atoms with E-state index in [4.69, 9.17) is 0 Å². The molecule has 1 fully saturated rings. The number of hydrogen-bond donors (Lipinski definition) is 2. The number of rotatable bonds is 4. The molecule has 19 heavy (non-hydrogen) atoms. The van der Waals surface area contributed by atoms with Crippen LogP contribution in [0.2, 0.25) is 0 Å². The first kappa shape index (κ1) is 13.5. The number of hydrogen-bond acceptors (Lipinski definition) is 3. The molecule has 4 amide bonds. The van der Waals surface area contributed by atoms with Crippen LogP contribution < -0.4 is 10.6 Å². The lowest BCUT2D eigenvalue weighted by atomic mass is 9.70. The molecule has 0 spiro atoms. The smallest absolute Gasteiger partial charge is 0.277 e. The van der Waals surface area contributed by atoms with Crippen LogP contribution in [0.3, 0.4) is 0 Å². The molecule has 0 aromatic rings. The molecule has 1 saturated heterocycles. The van der Waals surface area contributed by atoms with Gasteiger partial charge in [-0.2, -0.15) is 0 Å². The summed E-state index contributed by atoms with van der Waals surface area (Å²) in [6.45, 7) is 3.64. The van der Waals surface area contributed by atoms with Gasteiger partial charge in [-0.1, -0.05) is 12.2 Å². The number of carbonyl (C=O) groups excluding carboxylic acids is 3. The van der Waals surface area contributed by atoms with Gasteiger partial charge in [-0.15, -0.1) is 6.58 Å². The fraction of sp³-hybridized carbons (Fsp3) is 0.500. The third kappa shape index (κ3) is 2.32. The first-order chi connectivity index (χ1) is 9.11. The molecule has 2 rings (SSSR count). The summed E-state index contributed by atoms with van der Waals surface area (Å²) in [7, 11) is 0. The third-order valence-electron chi connectivity index (χ3n) is 3.79. The predicted molar refractivity (Wildman–Crippen MR) is 70.1 cm³/mol. The van der Waals surface area contributed by atoms with Gasteiger partial charge in [0.25, 0.3) is 0 Å². The Morgan fingerprint density at radius 1 is 1.21 bits per heavy atom. The molecule has 0 bridgehead atoms. The Hall–Kier alpha value is -1.91. The maximum absolute atomic E-state index is 12.3. The molecular formula is C14H18N2O3. The highest BCUT2D eigenvalue weighted by molar-refractivity contribution is 6.21. The van der Waals surface area contributed by atoms with Crippen molar-refractivity contribution in [1.29, 1.82) is 0 Å². The summed E-state index contributed by atoms with van der Waals surface area (Å²) in [5.74, 6) is -1.01. The first-order valence-corrected chi connectivity index (χ1v) is 6.58. The highest BCUT2D eigenvalue weighted by atomic mass is 16.2. The van der Waals surface area contributed by atoms with Gasteiger partial charge in [-0.05, 0) is 44.1 Å². The fourth-order valence-electron chi connectivity index (χ4n) is 2.78. The molecule has 0 atom stereocenters. The lowest BCUT2D eigenvalue weighted by Crippen LogP contribution is -2.63. The Balaban J connectivity index is 2.40. The van der Waals surface area contributed by atoms with Crippen molar-refractivity contribution in [3.63, 3.8) is 0 Å². The number of amides is 4. The highest BCUT2D eigenvalue weighted by Gasteiger charge is 2.52. The third-order valence-corrected chi connectivity index (χ3v) is 3.79. The van der Waals surface area contributed by atoms with Crippen LogP contribution in [0.25, 0.3) is 0 Å². The Morgan fingerprint density at radius 3 is 2.42 bits per heavy atom. The van der Waals surface area contributed by atoms with Gasteiger partial charge >= 0.3 is 6.03 Å². The summed E-state index contributed by atoms with van der Waals surface area (Å²) >= 11 is 0. The van der Waals surface area contributed by atoms with Crippen LogP contribution in [0.15, 0.2) is 24.3 Å². The van der Waals surface area contributed by atoms with Crippen LogP contribution in [0.4, 0.5) is 4.79 Å². The van der Waals surface area contributed by atoms with Gasteiger partial charge in [-0.25, -0.2) is 4.79 Å². The summed E-state index contributed by atoms with van der Waals surface area (Å²) in [6, 6.07) is -0.736. The summed E-state index contributed by atoms with van der Waals surface area (Å²) in [5, 5.41) is 4.44. The second-order valence-corrected chi connectivity index (χ2v) is 4.95. The van der Waals surface area contributed by atoms with E-state index in [1.807, 2.05) is 6.08 Å². The minimum absolute atomic E-state index is 0.354. The SMILES string of the molecule is C=CCCC1(C2=CCCCC2)C(=O)NC(=O)NC1=O. The van der Waals surface area contributed by atoms with E-state index in [-0.39, 0.29) is 0 Å². The van der Waals surface area contributed by atoms with E-state index in [2.05, 4.69) is 17.2 Å². The van der Waals surface area contributed by atoms with Crippen molar-refractivity contribution in [1.82, 2.24) is 10.6 Å². The number of imide groups is 2. The molecule has 0 aromatic carbocycles. The molecule has 1 aliphatic carbocycles. The predicted octanol–water partition coefficient (Wildman–Crippen LogP) is 1.81. The van der Waals surface area contributed by atoms with E-state index in [1.54, 1.807) is 6.08 Å². The van der Waals surface area contributed by atoms with Crippen LogP contribution in [-0.2, 0) is 9.59 Å². The average Bonchev–Trinajstić information content (AvgIpc) is 2.39. The zero-order valence-electron chi connectivity index (χ0n) is 10.8. The van der Waals surface area contributed by atoms with Gasteiger partial charge in [0.1, 0.15) is 5.41 Å². The molecule has 2 aliphatic rings. The van der Waals surface area contributed by atoms with Crippen molar-refractivity contribution in [2.45, 2.75) is 38.5 Å². The lowest BCUT2D eigenvalue weighted by Gasteiger charge is -2.37. The van der Waals surface area contributed by atoms with Crippen molar-refractivity contribution in [3.05, 3.63) is 24.3 Å². The van der Waals surface area contributed by atoms with Gasteiger partial charge in [0.2, 0.25) is 11.8 Å². The van der Waals surface area contributed by atoms with Crippen molar-refractivity contribution in [2.75, 3.05) is 0 Å². The molecule has 102 valence electrons. The second-order valence-electron chi connectivity index (χ2n) is 4.95. The van der Waals surface area contributed by atoms with Gasteiger partial charge in [0.05, 0.1) is 0 Å². The number of carbonyl (C=O) groups is 3. The van der Waals surface area contributed by atoms with Crippen molar-refractivity contribution >= 4 is 17.8 Å². The van der Waals surface area contributed by atoms with Crippen LogP contribution in [0, 0.1) is 5.41 Å². The maximum atomic E-state index is 12.3. The van der Waals surface area contributed by atoms with Crippen molar-refractivity contribution in [2.24, 2.45) is 5.41 Å². The Kier molecular flexibility index (Phi) is 3.83. The monoisotopic (exact) mass is 262 g/mol. The van der Waals surface area contributed by atoms with Gasteiger partial charge in [0.15, 0.2) is 0 Å². The van der Waals surface area contributed by atoms with Crippen LogP contribution >= 0.6 is 0 Å². The number of allylic oxidation sites excluding steroid dienone is 2. The number of nitrogens with one attached hydrogen (secondary N) is 2.